The average Bonchev–Trinajstić information content (AvgIpc) is 2.66. The summed E-state index contributed by atoms with van der Waals surface area (Å²) in [5, 5.41) is 5.16. The first-order valence-electron chi connectivity index (χ1n) is 9.05. The van der Waals surface area contributed by atoms with Gasteiger partial charge in [-0.3, -0.25) is 10.1 Å². The van der Waals surface area contributed by atoms with Gasteiger partial charge in [-0.25, -0.2) is 14.8 Å². The first-order chi connectivity index (χ1) is 13.0. The summed E-state index contributed by atoms with van der Waals surface area (Å²) in [6.45, 7) is 7.33. The molecule has 1 aliphatic rings. The van der Waals surface area contributed by atoms with E-state index in [0.29, 0.717) is 11.6 Å². The molecule has 0 aliphatic carbocycles. The molecule has 1 fully saturated rings. The fraction of sp³-hybridized carbons (Fsp3) is 0.368. The van der Waals surface area contributed by atoms with E-state index in [1.54, 1.807) is 18.5 Å². The zero-order chi connectivity index (χ0) is 19.2. The van der Waals surface area contributed by atoms with E-state index in [9.17, 15) is 9.59 Å². The number of nitrogens with one attached hydrogen (secondary N) is 3. The highest BCUT2D eigenvalue weighted by atomic mass is 16.2. The largest absolute Gasteiger partial charge is 0.330 e. The highest BCUT2D eigenvalue weighted by molar-refractivity contribution is 6.01. The second-order valence-electron chi connectivity index (χ2n) is 6.71. The van der Waals surface area contributed by atoms with E-state index >= 15 is 0 Å². The van der Waals surface area contributed by atoms with Gasteiger partial charge in [-0.1, -0.05) is 12.1 Å². The number of quaternary nitrogens is 1. The van der Waals surface area contributed by atoms with E-state index in [1.165, 1.54) is 0 Å². The minimum atomic E-state index is -0.496. The maximum atomic E-state index is 12.2. The van der Waals surface area contributed by atoms with Crippen LogP contribution in [0.1, 0.15) is 11.1 Å². The number of hydrogen-bond acceptors (Lipinski definition) is 5. The van der Waals surface area contributed by atoms with Crippen LogP contribution >= 0.6 is 0 Å². The first kappa shape index (κ1) is 18.8. The highest BCUT2D eigenvalue weighted by Gasteiger charge is 2.24. The lowest BCUT2D eigenvalue weighted by atomic mass is 10.1. The van der Waals surface area contributed by atoms with Gasteiger partial charge in [0.05, 0.1) is 26.2 Å². The van der Waals surface area contributed by atoms with Crippen molar-refractivity contribution in [3.05, 3.63) is 47.8 Å². The summed E-state index contributed by atoms with van der Waals surface area (Å²) in [6, 6.07) is 6.97. The predicted molar refractivity (Wildman–Crippen MR) is 103 cm³/mol. The molecule has 2 heterocycles. The van der Waals surface area contributed by atoms with Gasteiger partial charge in [0.15, 0.2) is 6.54 Å². The number of piperazine rings is 1. The number of aryl methyl sites for hydroxylation is 1. The Balaban J connectivity index is 1.44. The Morgan fingerprint density at radius 1 is 1.11 bits per heavy atom. The van der Waals surface area contributed by atoms with E-state index < -0.39 is 6.03 Å². The Kier molecular flexibility index (Phi) is 5.97. The number of amides is 3. The lowest BCUT2D eigenvalue weighted by Gasteiger charge is -2.31. The summed E-state index contributed by atoms with van der Waals surface area (Å²) in [7, 11) is 0. The molecule has 8 nitrogen and oxygen atoms in total. The van der Waals surface area contributed by atoms with E-state index in [-0.39, 0.29) is 12.5 Å². The molecule has 1 saturated heterocycles. The molecule has 8 heteroatoms. The Labute approximate surface area is 158 Å². The molecule has 0 radical (unpaired) electrons. The van der Waals surface area contributed by atoms with Gasteiger partial charge in [-0.2, -0.15) is 0 Å². The normalized spacial score (nSPS) is 14.7. The van der Waals surface area contributed by atoms with E-state index in [4.69, 9.17) is 0 Å². The number of rotatable bonds is 4. The molecule has 3 amide bonds. The second kappa shape index (κ2) is 8.59. The molecule has 0 bridgehead atoms. The molecule has 142 valence electrons. The summed E-state index contributed by atoms with van der Waals surface area (Å²) in [5.41, 5.74) is 2.79. The number of imide groups is 1. The smallest absolute Gasteiger partial charge is 0.326 e. The molecular weight excluding hydrogens is 344 g/mol. The fourth-order valence-corrected chi connectivity index (χ4v) is 3.09. The maximum Gasteiger partial charge on any atom is 0.326 e. The van der Waals surface area contributed by atoms with Crippen LogP contribution in [0.5, 0.6) is 0 Å². The van der Waals surface area contributed by atoms with Crippen molar-refractivity contribution in [2.24, 2.45) is 0 Å². The van der Waals surface area contributed by atoms with E-state index in [1.807, 2.05) is 32.0 Å². The van der Waals surface area contributed by atoms with Crippen LogP contribution in [0, 0.1) is 13.8 Å². The number of carbonyl (C=O) groups is 2. The van der Waals surface area contributed by atoms with Crippen LogP contribution < -0.4 is 20.4 Å². The molecule has 1 aliphatic heterocycles. The van der Waals surface area contributed by atoms with Crippen LogP contribution in [0.3, 0.4) is 0 Å². The van der Waals surface area contributed by atoms with Crippen LogP contribution in [-0.2, 0) is 4.79 Å². The van der Waals surface area contributed by atoms with Crippen molar-refractivity contribution in [1.82, 2.24) is 15.3 Å². The molecule has 0 atom stereocenters. The van der Waals surface area contributed by atoms with Gasteiger partial charge < -0.3 is 15.1 Å². The molecular formula is C19H25N6O2+. The highest BCUT2D eigenvalue weighted by Crippen LogP contribution is 2.17. The third kappa shape index (κ3) is 5.01. The molecule has 27 heavy (non-hydrogen) atoms. The van der Waals surface area contributed by atoms with Crippen molar-refractivity contribution < 1.29 is 14.5 Å². The molecule has 0 unspecified atom stereocenters. The SMILES string of the molecule is Cc1cccc(NC(=O)NC(=O)C[NH+]2CCN(c3ncccn3)CC2)c1C. The standard InChI is InChI=1S/C19H24N6O2/c1-14-5-3-6-16(15(14)2)22-19(27)23-17(26)13-24-9-11-25(12-10-24)18-20-7-4-8-21-18/h3-8H,9-13H2,1-2H3,(H2,22,23,26,27)/p+1. The zero-order valence-electron chi connectivity index (χ0n) is 15.7. The quantitative estimate of drug-likeness (QED) is 0.713. The van der Waals surface area contributed by atoms with E-state index in [0.717, 1.165) is 42.2 Å². The van der Waals surface area contributed by atoms with Gasteiger partial charge in [0.2, 0.25) is 5.95 Å². The summed E-state index contributed by atoms with van der Waals surface area (Å²) >= 11 is 0. The number of benzene rings is 1. The van der Waals surface area contributed by atoms with Gasteiger partial charge in [0.1, 0.15) is 0 Å². The van der Waals surface area contributed by atoms with Crippen LogP contribution in [0.2, 0.25) is 0 Å². The van der Waals surface area contributed by atoms with Gasteiger partial charge >= 0.3 is 6.03 Å². The van der Waals surface area contributed by atoms with Crippen molar-refractivity contribution in [2.75, 3.05) is 42.9 Å². The van der Waals surface area contributed by atoms with Gasteiger partial charge in [-0.15, -0.1) is 0 Å². The minimum absolute atomic E-state index is 0.268. The zero-order valence-corrected chi connectivity index (χ0v) is 15.7. The van der Waals surface area contributed by atoms with Crippen LogP contribution in [0.4, 0.5) is 16.4 Å². The van der Waals surface area contributed by atoms with Gasteiger partial charge in [0, 0.05) is 18.1 Å². The molecule has 3 rings (SSSR count). The maximum absolute atomic E-state index is 12.2. The molecule has 2 aromatic rings. The Morgan fingerprint density at radius 2 is 1.81 bits per heavy atom. The van der Waals surface area contributed by atoms with Crippen molar-refractivity contribution in [2.45, 2.75) is 13.8 Å². The Bertz CT molecular complexity index is 803. The lowest BCUT2D eigenvalue weighted by molar-refractivity contribution is -0.892. The minimum Gasteiger partial charge on any atom is -0.330 e. The van der Waals surface area contributed by atoms with Gasteiger partial charge in [0.25, 0.3) is 5.91 Å². The Morgan fingerprint density at radius 3 is 2.52 bits per heavy atom. The number of urea groups is 1. The lowest BCUT2D eigenvalue weighted by Crippen LogP contribution is -3.16. The molecule has 1 aromatic carbocycles. The van der Waals surface area contributed by atoms with Crippen LogP contribution in [0.15, 0.2) is 36.7 Å². The van der Waals surface area contributed by atoms with Crippen molar-refractivity contribution in [3.63, 3.8) is 0 Å². The monoisotopic (exact) mass is 369 g/mol. The molecule has 0 spiro atoms. The number of anilines is 2. The molecule has 3 N–H and O–H groups in total. The summed E-state index contributed by atoms with van der Waals surface area (Å²) in [5.74, 6) is 0.436. The second-order valence-corrected chi connectivity index (χ2v) is 6.71. The number of nitrogens with zero attached hydrogens (tertiary/aromatic N) is 3. The first-order valence-corrected chi connectivity index (χ1v) is 9.05. The Hall–Kier alpha value is -3.00. The topological polar surface area (TPSA) is 91.7 Å². The fourth-order valence-electron chi connectivity index (χ4n) is 3.09. The third-order valence-corrected chi connectivity index (χ3v) is 4.82. The number of aromatic nitrogens is 2. The van der Waals surface area contributed by atoms with Crippen LogP contribution in [-0.4, -0.2) is 54.6 Å². The summed E-state index contributed by atoms with van der Waals surface area (Å²) in [4.78, 5) is 36.0. The summed E-state index contributed by atoms with van der Waals surface area (Å²) < 4.78 is 0. The van der Waals surface area contributed by atoms with Crippen LogP contribution in [0.25, 0.3) is 0 Å². The number of hydrogen-bond donors (Lipinski definition) is 3. The molecule has 1 aromatic heterocycles. The summed E-state index contributed by atoms with van der Waals surface area (Å²) in [6.07, 6.45) is 3.45. The third-order valence-electron chi connectivity index (χ3n) is 4.82. The molecule has 0 saturated carbocycles. The average molecular weight is 369 g/mol. The van der Waals surface area contributed by atoms with Gasteiger partial charge in [-0.05, 0) is 37.1 Å². The van der Waals surface area contributed by atoms with Crippen molar-refractivity contribution >= 4 is 23.6 Å². The van der Waals surface area contributed by atoms with Crippen molar-refractivity contribution in [1.29, 1.82) is 0 Å². The predicted octanol–water partition coefficient (Wildman–Crippen LogP) is 0.147. The number of carbonyl (C=O) groups excluding carboxylic acids is 2. The van der Waals surface area contributed by atoms with E-state index in [2.05, 4.69) is 25.5 Å². The van der Waals surface area contributed by atoms with Crippen molar-refractivity contribution in [3.8, 4) is 0 Å².